The van der Waals surface area contributed by atoms with Crippen molar-refractivity contribution < 1.29 is 23.7 Å². The molecule has 0 saturated carbocycles. The van der Waals surface area contributed by atoms with Gasteiger partial charge in [-0.15, -0.1) is 0 Å². The fourth-order valence-electron chi connectivity index (χ4n) is 3.93. The maximum atomic E-state index is 6.44. The van der Waals surface area contributed by atoms with Crippen LogP contribution in [-0.4, -0.2) is 38.6 Å². The van der Waals surface area contributed by atoms with E-state index in [1.807, 2.05) is 66.7 Å². The van der Waals surface area contributed by atoms with Gasteiger partial charge in [0.15, 0.2) is 0 Å². The molecule has 0 aliphatic carbocycles. The second-order valence-corrected chi connectivity index (χ2v) is 8.28. The minimum atomic E-state index is -0.352. The van der Waals surface area contributed by atoms with E-state index in [9.17, 15) is 0 Å². The van der Waals surface area contributed by atoms with Gasteiger partial charge in [0.2, 0.25) is 0 Å². The van der Waals surface area contributed by atoms with E-state index in [4.69, 9.17) is 23.7 Å². The van der Waals surface area contributed by atoms with Gasteiger partial charge < -0.3 is 23.7 Å². The molecule has 1 heterocycles. The van der Waals surface area contributed by atoms with Gasteiger partial charge in [0.1, 0.15) is 18.3 Å². The molecule has 178 valence electrons. The first-order chi connectivity index (χ1) is 16.8. The van der Waals surface area contributed by atoms with Crippen LogP contribution < -0.4 is 0 Å². The van der Waals surface area contributed by atoms with Crippen molar-refractivity contribution in [1.29, 1.82) is 0 Å². The van der Waals surface area contributed by atoms with Crippen LogP contribution in [0.15, 0.2) is 103 Å². The number of methoxy groups -OCH3 is 1. The molecule has 0 radical (unpaired) electrons. The van der Waals surface area contributed by atoms with E-state index in [1.54, 1.807) is 13.4 Å². The standard InChI is InChI=1S/C29H32O5/c1-30-20-26-21-32-27(22-31-17-23-11-5-2-6-12-23)29(34-19-25-15-9-4-10-16-25)28(26)33-18-24-13-7-3-8-14-24/h2-16,21,27-29H,17-20,22H2,1H3/t27-,28-,29+/m1/s1. The van der Waals surface area contributed by atoms with Crippen molar-refractivity contribution in [2.75, 3.05) is 20.3 Å². The summed E-state index contributed by atoms with van der Waals surface area (Å²) in [6, 6.07) is 30.4. The highest BCUT2D eigenvalue weighted by Crippen LogP contribution is 2.27. The van der Waals surface area contributed by atoms with Gasteiger partial charge in [-0.3, -0.25) is 0 Å². The lowest BCUT2D eigenvalue weighted by Crippen LogP contribution is -2.48. The number of hydrogen-bond donors (Lipinski definition) is 0. The second kappa shape index (κ2) is 13.1. The van der Waals surface area contributed by atoms with Gasteiger partial charge >= 0.3 is 0 Å². The zero-order valence-corrected chi connectivity index (χ0v) is 19.5. The first-order valence-corrected chi connectivity index (χ1v) is 11.6. The van der Waals surface area contributed by atoms with E-state index in [0.717, 1.165) is 22.3 Å². The average Bonchev–Trinajstić information content (AvgIpc) is 2.89. The Bertz CT molecular complexity index is 991. The summed E-state index contributed by atoms with van der Waals surface area (Å²) in [6.07, 6.45) is 0.768. The summed E-state index contributed by atoms with van der Waals surface area (Å²) in [5, 5.41) is 0. The Hall–Kier alpha value is -2.96. The lowest BCUT2D eigenvalue weighted by Gasteiger charge is -2.37. The van der Waals surface area contributed by atoms with E-state index in [1.165, 1.54) is 0 Å². The zero-order valence-electron chi connectivity index (χ0n) is 19.5. The molecule has 0 fully saturated rings. The highest BCUT2D eigenvalue weighted by molar-refractivity contribution is 5.18. The molecule has 0 N–H and O–H groups in total. The fourth-order valence-corrected chi connectivity index (χ4v) is 3.93. The van der Waals surface area contributed by atoms with Gasteiger partial charge in [-0.25, -0.2) is 0 Å². The van der Waals surface area contributed by atoms with Crippen LogP contribution in [0.5, 0.6) is 0 Å². The van der Waals surface area contributed by atoms with Crippen LogP contribution in [0.25, 0.3) is 0 Å². The van der Waals surface area contributed by atoms with E-state index < -0.39 is 0 Å². The third-order valence-electron chi connectivity index (χ3n) is 5.69. The maximum Gasteiger partial charge on any atom is 0.150 e. The monoisotopic (exact) mass is 460 g/mol. The van der Waals surface area contributed by atoms with Gasteiger partial charge in [0, 0.05) is 12.7 Å². The van der Waals surface area contributed by atoms with Crippen LogP contribution in [0, 0.1) is 0 Å². The van der Waals surface area contributed by atoms with E-state index >= 15 is 0 Å². The zero-order chi connectivity index (χ0) is 23.4. The summed E-state index contributed by atoms with van der Waals surface area (Å²) in [4.78, 5) is 0. The Kier molecular flexibility index (Phi) is 9.29. The van der Waals surface area contributed by atoms with Crippen LogP contribution >= 0.6 is 0 Å². The first-order valence-electron chi connectivity index (χ1n) is 11.6. The molecule has 0 aromatic heterocycles. The topological polar surface area (TPSA) is 46.2 Å². The minimum Gasteiger partial charge on any atom is -0.493 e. The average molecular weight is 461 g/mol. The van der Waals surface area contributed by atoms with Crippen LogP contribution in [0.4, 0.5) is 0 Å². The van der Waals surface area contributed by atoms with Crippen molar-refractivity contribution in [3.63, 3.8) is 0 Å². The summed E-state index contributed by atoms with van der Waals surface area (Å²) in [5.74, 6) is 0. The predicted octanol–water partition coefficient (Wildman–Crippen LogP) is 5.30. The van der Waals surface area contributed by atoms with Crippen molar-refractivity contribution in [2.24, 2.45) is 0 Å². The van der Waals surface area contributed by atoms with E-state index in [-0.39, 0.29) is 18.3 Å². The molecule has 4 rings (SSSR count). The van der Waals surface area contributed by atoms with Crippen molar-refractivity contribution >= 4 is 0 Å². The van der Waals surface area contributed by atoms with Crippen molar-refractivity contribution in [2.45, 2.75) is 38.1 Å². The summed E-state index contributed by atoms with van der Waals surface area (Å²) >= 11 is 0. The highest BCUT2D eigenvalue weighted by atomic mass is 16.6. The van der Waals surface area contributed by atoms with Gasteiger partial charge in [0.05, 0.1) is 39.3 Å². The van der Waals surface area contributed by atoms with Gasteiger partial charge in [-0.2, -0.15) is 0 Å². The molecular weight excluding hydrogens is 428 g/mol. The smallest absolute Gasteiger partial charge is 0.150 e. The Balaban J connectivity index is 1.48. The van der Waals surface area contributed by atoms with Gasteiger partial charge in [-0.1, -0.05) is 91.0 Å². The predicted molar refractivity (Wildman–Crippen MR) is 131 cm³/mol. The summed E-state index contributed by atoms with van der Waals surface area (Å²) in [7, 11) is 1.67. The van der Waals surface area contributed by atoms with Gasteiger partial charge in [-0.05, 0) is 16.7 Å². The minimum absolute atomic E-state index is 0.311. The van der Waals surface area contributed by atoms with Crippen LogP contribution in [-0.2, 0) is 43.5 Å². The third-order valence-corrected chi connectivity index (χ3v) is 5.69. The second-order valence-electron chi connectivity index (χ2n) is 8.28. The Morgan fingerprint density at radius 3 is 1.74 bits per heavy atom. The Labute approximate surface area is 201 Å². The number of benzene rings is 3. The molecule has 5 heteroatoms. The first kappa shape index (κ1) is 24.2. The summed E-state index contributed by atoms with van der Waals surface area (Å²) < 4.78 is 30.4. The molecule has 0 bridgehead atoms. The molecule has 0 spiro atoms. The largest absolute Gasteiger partial charge is 0.493 e. The number of rotatable bonds is 12. The molecule has 0 unspecified atom stereocenters. The normalized spacial score (nSPS) is 19.9. The molecule has 3 aromatic rings. The molecule has 1 aliphatic rings. The molecular formula is C29H32O5. The molecule has 5 nitrogen and oxygen atoms in total. The van der Waals surface area contributed by atoms with Crippen LogP contribution in [0.3, 0.4) is 0 Å². The lowest BCUT2D eigenvalue weighted by atomic mass is 9.98. The van der Waals surface area contributed by atoms with Crippen molar-refractivity contribution in [3.8, 4) is 0 Å². The van der Waals surface area contributed by atoms with E-state index in [2.05, 4.69) is 24.3 Å². The molecule has 1 aliphatic heterocycles. The molecule has 0 amide bonds. The van der Waals surface area contributed by atoms with Crippen molar-refractivity contribution in [3.05, 3.63) is 120 Å². The molecule has 3 atom stereocenters. The molecule has 0 saturated heterocycles. The highest BCUT2D eigenvalue weighted by Gasteiger charge is 2.38. The Morgan fingerprint density at radius 1 is 0.647 bits per heavy atom. The molecule has 34 heavy (non-hydrogen) atoms. The lowest BCUT2D eigenvalue weighted by molar-refractivity contribution is -0.154. The van der Waals surface area contributed by atoms with Gasteiger partial charge in [0.25, 0.3) is 0 Å². The van der Waals surface area contributed by atoms with E-state index in [0.29, 0.717) is 33.0 Å². The quantitative estimate of drug-likeness (QED) is 0.367. The number of hydrogen-bond acceptors (Lipinski definition) is 5. The summed E-state index contributed by atoms with van der Waals surface area (Å²) in [5.41, 5.74) is 4.23. The van der Waals surface area contributed by atoms with Crippen molar-refractivity contribution in [1.82, 2.24) is 0 Å². The third kappa shape index (κ3) is 7.02. The number of ether oxygens (including phenoxy) is 5. The molecule has 3 aromatic carbocycles. The van der Waals surface area contributed by atoms with Crippen LogP contribution in [0.2, 0.25) is 0 Å². The fraction of sp³-hybridized carbons (Fsp3) is 0.310. The SMILES string of the molecule is COCC1=CO[C@H](COCc2ccccc2)[C@H](OCc2ccccc2)[C@@H]1OCc1ccccc1. The Morgan fingerprint density at radius 2 is 1.18 bits per heavy atom. The van der Waals surface area contributed by atoms with Crippen LogP contribution in [0.1, 0.15) is 16.7 Å². The summed E-state index contributed by atoms with van der Waals surface area (Å²) in [6.45, 7) is 2.22. The maximum absolute atomic E-state index is 6.44.